The molecule has 0 saturated heterocycles. The molecule has 3 N–H and O–H groups in total. The Kier molecular flexibility index (Phi) is 4.96. The van der Waals surface area contributed by atoms with Crippen molar-refractivity contribution in [3.05, 3.63) is 47.2 Å². The van der Waals surface area contributed by atoms with Gasteiger partial charge in [0.2, 0.25) is 0 Å². The summed E-state index contributed by atoms with van der Waals surface area (Å²) < 4.78 is 10.8. The molecular weight excluding hydrogens is 327 g/mol. The summed E-state index contributed by atoms with van der Waals surface area (Å²) in [4.78, 5) is 27.5. The molecule has 1 aliphatic heterocycles. The van der Waals surface area contributed by atoms with E-state index in [-0.39, 0.29) is 23.1 Å². The van der Waals surface area contributed by atoms with E-state index in [0.717, 1.165) is 0 Å². The molecule has 0 fully saturated rings. The van der Waals surface area contributed by atoms with Crippen LogP contribution in [-0.2, 0) is 6.54 Å². The first-order chi connectivity index (χ1) is 12.1. The van der Waals surface area contributed by atoms with Gasteiger partial charge in [0.05, 0.1) is 12.2 Å². The van der Waals surface area contributed by atoms with E-state index in [9.17, 15) is 19.6 Å². The van der Waals surface area contributed by atoms with Crippen LogP contribution in [0.2, 0.25) is 0 Å². The van der Waals surface area contributed by atoms with Crippen molar-refractivity contribution < 1.29 is 29.1 Å². The van der Waals surface area contributed by atoms with E-state index < -0.39 is 13.0 Å². The Morgan fingerprint density at radius 1 is 1.24 bits per heavy atom. The van der Waals surface area contributed by atoms with Gasteiger partial charge in [0.1, 0.15) is 19.5 Å². The van der Waals surface area contributed by atoms with Crippen molar-refractivity contribution >= 4 is 24.8 Å². The fourth-order valence-corrected chi connectivity index (χ4v) is 2.39. The van der Waals surface area contributed by atoms with Crippen LogP contribution in [-0.4, -0.2) is 47.6 Å². The van der Waals surface area contributed by atoms with Gasteiger partial charge in [-0.05, 0) is 29.7 Å². The van der Waals surface area contributed by atoms with Gasteiger partial charge in [-0.2, -0.15) is 0 Å². The van der Waals surface area contributed by atoms with Crippen molar-refractivity contribution in [3.8, 4) is 11.6 Å². The van der Waals surface area contributed by atoms with Crippen LogP contribution in [0, 0.1) is 0 Å². The van der Waals surface area contributed by atoms with Crippen LogP contribution in [0.25, 0.3) is 0 Å². The Labute approximate surface area is 143 Å². The second-order valence-electron chi connectivity index (χ2n) is 5.32. The number of carbonyl (C=O) groups excluding carboxylic acids is 2. The van der Waals surface area contributed by atoms with Gasteiger partial charge in [-0.3, -0.25) is 9.59 Å². The smallest absolute Gasteiger partial charge is 0.484 e. The molecule has 0 spiro atoms. The van der Waals surface area contributed by atoms with Crippen molar-refractivity contribution in [1.29, 1.82) is 0 Å². The van der Waals surface area contributed by atoms with E-state index in [0.29, 0.717) is 36.8 Å². The summed E-state index contributed by atoms with van der Waals surface area (Å²) in [5.74, 6) is 0.538. The summed E-state index contributed by atoms with van der Waals surface area (Å²) in [5, 5.41) is 21.0. The number of amides is 1. The van der Waals surface area contributed by atoms with Gasteiger partial charge >= 0.3 is 7.12 Å². The summed E-state index contributed by atoms with van der Waals surface area (Å²) in [6.07, 6.45) is 0.466. The van der Waals surface area contributed by atoms with Gasteiger partial charge in [0.25, 0.3) is 11.8 Å². The molecule has 3 rings (SSSR count). The molecule has 0 saturated carbocycles. The number of rotatable bonds is 5. The zero-order valence-electron chi connectivity index (χ0n) is 13.1. The third-order valence-electron chi connectivity index (χ3n) is 3.65. The average Bonchev–Trinajstić information content (AvgIpc) is 2.65. The summed E-state index contributed by atoms with van der Waals surface area (Å²) in [7, 11) is -1.78. The minimum absolute atomic E-state index is 0.0417. The fraction of sp³-hybridized carbons (Fsp3) is 0.188. The minimum atomic E-state index is -1.78. The predicted octanol–water partition coefficient (Wildman–Crippen LogP) is -0.725. The normalized spacial score (nSPS) is 12.4. The SMILES string of the molecule is O=Cc1cc(C(=O)NCc2ccc3c(n2)OCCO3)ccc1B(O)O. The van der Waals surface area contributed by atoms with Gasteiger partial charge in [0, 0.05) is 11.1 Å². The first-order valence-electron chi connectivity index (χ1n) is 7.57. The molecule has 2 aromatic rings. The van der Waals surface area contributed by atoms with Crippen LogP contribution in [0.5, 0.6) is 11.6 Å². The Morgan fingerprint density at radius 3 is 2.80 bits per heavy atom. The second-order valence-corrected chi connectivity index (χ2v) is 5.32. The van der Waals surface area contributed by atoms with Crippen LogP contribution >= 0.6 is 0 Å². The maximum Gasteiger partial charge on any atom is 0.489 e. The van der Waals surface area contributed by atoms with Crippen LogP contribution < -0.4 is 20.3 Å². The quantitative estimate of drug-likeness (QED) is 0.485. The standard InChI is InChI=1S/C16H15BN2O6/c20-9-11-7-10(1-3-13(11)17(22)23)15(21)18-8-12-2-4-14-16(19-12)25-6-5-24-14/h1-4,7,9,22-23H,5-6,8H2,(H,18,21). The lowest BCUT2D eigenvalue weighted by molar-refractivity contribution is 0.0950. The zero-order valence-corrected chi connectivity index (χ0v) is 13.1. The van der Waals surface area contributed by atoms with Gasteiger partial charge in [-0.1, -0.05) is 6.07 Å². The zero-order chi connectivity index (χ0) is 17.8. The highest BCUT2D eigenvalue weighted by Crippen LogP contribution is 2.27. The van der Waals surface area contributed by atoms with E-state index in [1.807, 2.05) is 0 Å². The number of aldehydes is 1. The minimum Gasteiger partial charge on any atom is -0.484 e. The molecule has 2 heterocycles. The van der Waals surface area contributed by atoms with Crippen LogP contribution in [0.3, 0.4) is 0 Å². The van der Waals surface area contributed by atoms with E-state index in [1.54, 1.807) is 12.1 Å². The number of aromatic nitrogens is 1. The number of nitrogens with one attached hydrogen (secondary N) is 1. The predicted molar refractivity (Wildman–Crippen MR) is 88.1 cm³/mol. The summed E-state index contributed by atoms with van der Waals surface area (Å²) in [5.41, 5.74) is 0.903. The molecule has 1 aromatic heterocycles. The van der Waals surface area contributed by atoms with Crippen molar-refractivity contribution in [2.45, 2.75) is 6.54 Å². The number of benzene rings is 1. The molecule has 128 valence electrons. The van der Waals surface area contributed by atoms with E-state index in [4.69, 9.17) is 9.47 Å². The number of ether oxygens (including phenoxy) is 2. The Hall–Kier alpha value is -2.91. The molecule has 8 nitrogen and oxygen atoms in total. The lowest BCUT2D eigenvalue weighted by atomic mass is 9.77. The second kappa shape index (κ2) is 7.33. The summed E-state index contributed by atoms with van der Waals surface area (Å²) in [6, 6.07) is 7.48. The third-order valence-corrected chi connectivity index (χ3v) is 3.65. The molecule has 0 unspecified atom stereocenters. The highest BCUT2D eigenvalue weighted by atomic mass is 16.6. The van der Waals surface area contributed by atoms with Crippen LogP contribution in [0.1, 0.15) is 26.4 Å². The third kappa shape index (κ3) is 3.78. The van der Waals surface area contributed by atoms with Crippen molar-refractivity contribution in [2.75, 3.05) is 13.2 Å². The average molecular weight is 342 g/mol. The first-order valence-corrected chi connectivity index (χ1v) is 7.57. The molecule has 25 heavy (non-hydrogen) atoms. The monoisotopic (exact) mass is 342 g/mol. The maximum atomic E-state index is 12.2. The molecule has 9 heteroatoms. The van der Waals surface area contributed by atoms with Crippen molar-refractivity contribution in [2.24, 2.45) is 0 Å². The number of hydrogen-bond donors (Lipinski definition) is 3. The number of hydrogen-bond acceptors (Lipinski definition) is 7. The van der Waals surface area contributed by atoms with E-state index in [2.05, 4.69) is 10.3 Å². The number of fused-ring (bicyclic) bond motifs is 1. The number of carbonyl (C=O) groups is 2. The van der Waals surface area contributed by atoms with Gasteiger partial charge in [-0.25, -0.2) is 4.98 Å². The molecule has 0 atom stereocenters. The Bertz CT molecular complexity index is 811. The molecule has 0 radical (unpaired) electrons. The van der Waals surface area contributed by atoms with E-state index in [1.165, 1.54) is 18.2 Å². The van der Waals surface area contributed by atoms with Gasteiger partial charge in [-0.15, -0.1) is 0 Å². The van der Waals surface area contributed by atoms with Crippen LogP contribution in [0.4, 0.5) is 0 Å². The molecule has 0 aliphatic carbocycles. The van der Waals surface area contributed by atoms with Gasteiger partial charge < -0.3 is 24.8 Å². The topological polar surface area (TPSA) is 118 Å². The molecule has 0 bridgehead atoms. The first kappa shape index (κ1) is 16.9. The molecular formula is C16H15BN2O6. The molecule has 1 amide bonds. The van der Waals surface area contributed by atoms with Crippen molar-refractivity contribution in [3.63, 3.8) is 0 Å². The summed E-state index contributed by atoms with van der Waals surface area (Å²) >= 11 is 0. The largest absolute Gasteiger partial charge is 0.489 e. The molecule has 1 aliphatic rings. The Morgan fingerprint density at radius 2 is 2.04 bits per heavy atom. The lowest BCUT2D eigenvalue weighted by Gasteiger charge is -2.17. The Balaban J connectivity index is 1.69. The lowest BCUT2D eigenvalue weighted by Crippen LogP contribution is -2.34. The molecule has 1 aromatic carbocycles. The highest BCUT2D eigenvalue weighted by Gasteiger charge is 2.18. The van der Waals surface area contributed by atoms with Gasteiger partial charge in [0.15, 0.2) is 5.75 Å². The fourth-order valence-electron chi connectivity index (χ4n) is 2.39. The van der Waals surface area contributed by atoms with Crippen LogP contribution in [0.15, 0.2) is 30.3 Å². The summed E-state index contributed by atoms with van der Waals surface area (Å²) in [6.45, 7) is 1.06. The highest BCUT2D eigenvalue weighted by molar-refractivity contribution is 6.60. The van der Waals surface area contributed by atoms with E-state index >= 15 is 0 Å². The van der Waals surface area contributed by atoms with Crippen molar-refractivity contribution in [1.82, 2.24) is 10.3 Å². The maximum absolute atomic E-state index is 12.2. The number of nitrogens with zero attached hydrogens (tertiary/aromatic N) is 1. The number of pyridine rings is 1.